The smallest absolute Gasteiger partial charge is 0.0850 e. The van der Waals surface area contributed by atoms with Crippen LogP contribution in [0.3, 0.4) is 0 Å². The highest BCUT2D eigenvalue weighted by Gasteiger charge is 2.19. The largest absolute Gasteiger partial charge is 0.113 e. The van der Waals surface area contributed by atoms with Gasteiger partial charge in [-0.2, -0.15) is 0 Å². The van der Waals surface area contributed by atoms with E-state index < -0.39 is 0 Å². The molecule has 0 aliphatic rings. The first-order valence-corrected chi connectivity index (χ1v) is 7.90. The first kappa shape index (κ1) is 14.9. The molecule has 2 heteroatoms. The van der Waals surface area contributed by atoms with Gasteiger partial charge in [-0.25, -0.2) is 0 Å². The number of halogens is 2. The van der Waals surface area contributed by atoms with Crippen LogP contribution in [0.25, 0.3) is 0 Å². The van der Waals surface area contributed by atoms with Crippen LogP contribution >= 0.6 is 34.2 Å². The van der Waals surface area contributed by atoms with Crippen molar-refractivity contribution in [1.29, 1.82) is 0 Å². The summed E-state index contributed by atoms with van der Waals surface area (Å²) in [4.78, 5) is 0. The second kappa shape index (κ2) is 5.84. The molecule has 1 unspecified atom stereocenters. The molecule has 0 nitrogen and oxygen atoms in total. The molecule has 0 radical (unpaired) electrons. The van der Waals surface area contributed by atoms with Crippen LogP contribution in [-0.2, 0) is 0 Å². The standard InChI is InChI=1S/C17H18ClI/c1-10-9-11(2)13(4)16(12(10)3)17(18)14-7-5-6-8-15(14)19/h5-9,17H,1-4H3. The zero-order valence-corrected chi connectivity index (χ0v) is 14.6. The summed E-state index contributed by atoms with van der Waals surface area (Å²) in [6.45, 7) is 8.65. The predicted molar refractivity (Wildman–Crippen MR) is 92.2 cm³/mol. The monoisotopic (exact) mass is 384 g/mol. The number of benzene rings is 2. The third-order valence-corrected chi connectivity index (χ3v) is 5.29. The predicted octanol–water partition coefficient (Wildman–Crippen LogP) is 5.85. The van der Waals surface area contributed by atoms with Gasteiger partial charge in [-0.05, 0) is 89.7 Å². The molecular weight excluding hydrogens is 367 g/mol. The van der Waals surface area contributed by atoms with Crippen molar-refractivity contribution < 1.29 is 0 Å². The number of alkyl halides is 1. The third kappa shape index (κ3) is 2.82. The number of hydrogen-bond donors (Lipinski definition) is 0. The maximum atomic E-state index is 6.79. The van der Waals surface area contributed by atoms with E-state index in [1.165, 1.54) is 37.0 Å². The van der Waals surface area contributed by atoms with Gasteiger partial charge in [-0.3, -0.25) is 0 Å². The van der Waals surface area contributed by atoms with Gasteiger partial charge in [0.05, 0.1) is 5.38 Å². The van der Waals surface area contributed by atoms with E-state index in [0.717, 1.165) is 0 Å². The van der Waals surface area contributed by atoms with Crippen LogP contribution in [-0.4, -0.2) is 0 Å². The minimum atomic E-state index is -0.0771. The Morgan fingerprint density at radius 2 is 1.47 bits per heavy atom. The topological polar surface area (TPSA) is 0 Å². The van der Waals surface area contributed by atoms with Crippen molar-refractivity contribution in [2.45, 2.75) is 33.1 Å². The van der Waals surface area contributed by atoms with Crippen LogP contribution in [0.4, 0.5) is 0 Å². The lowest BCUT2D eigenvalue weighted by molar-refractivity contribution is 1.05. The Morgan fingerprint density at radius 1 is 0.947 bits per heavy atom. The van der Waals surface area contributed by atoms with Crippen LogP contribution in [0, 0.1) is 31.3 Å². The minimum Gasteiger partial charge on any atom is -0.113 e. The van der Waals surface area contributed by atoms with Crippen LogP contribution in [0.5, 0.6) is 0 Å². The Labute approximate surface area is 134 Å². The highest BCUT2D eigenvalue weighted by Crippen LogP contribution is 2.37. The van der Waals surface area contributed by atoms with Crippen molar-refractivity contribution in [3.05, 3.63) is 67.3 Å². The van der Waals surface area contributed by atoms with E-state index in [2.05, 4.69) is 80.6 Å². The molecule has 0 aliphatic heterocycles. The van der Waals surface area contributed by atoms with Gasteiger partial charge in [0.2, 0.25) is 0 Å². The summed E-state index contributed by atoms with van der Waals surface area (Å²) in [7, 11) is 0. The summed E-state index contributed by atoms with van der Waals surface area (Å²) in [6.07, 6.45) is 0. The quantitative estimate of drug-likeness (QED) is 0.450. The van der Waals surface area contributed by atoms with Gasteiger partial charge in [0, 0.05) is 3.57 Å². The molecule has 0 saturated carbocycles. The van der Waals surface area contributed by atoms with Gasteiger partial charge in [0.25, 0.3) is 0 Å². The van der Waals surface area contributed by atoms with Gasteiger partial charge in [-0.15, -0.1) is 11.6 Å². The van der Waals surface area contributed by atoms with Gasteiger partial charge in [0.15, 0.2) is 0 Å². The van der Waals surface area contributed by atoms with Crippen molar-refractivity contribution >= 4 is 34.2 Å². The van der Waals surface area contributed by atoms with Gasteiger partial charge in [-0.1, -0.05) is 24.3 Å². The molecule has 2 rings (SSSR count). The third-order valence-electron chi connectivity index (χ3n) is 3.86. The van der Waals surface area contributed by atoms with Crippen LogP contribution in [0.15, 0.2) is 30.3 Å². The molecule has 0 aliphatic carbocycles. The molecule has 0 heterocycles. The van der Waals surface area contributed by atoms with Gasteiger partial charge in [0.1, 0.15) is 0 Å². The highest BCUT2D eigenvalue weighted by molar-refractivity contribution is 14.1. The molecule has 0 N–H and O–H groups in total. The molecule has 19 heavy (non-hydrogen) atoms. The summed E-state index contributed by atoms with van der Waals surface area (Å²) in [5.74, 6) is 0. The van der Waals surface area contributed by atoms with E-state index in [0.29, 0.717) is 0 Å². The van der Waals surface area contributed by atoms with Gasteiger partial charge < -0.3 is 0 Å². The Balaban J connectivity index is 2.63. The summed E-state index contributed by atoms with van der Waals surface area (Å²) in [5, 5.41) is -0.0771. The Hall–Kier alpha value is -0.540. The molecule has 0 aromatic heterocycles. The number of rotatable bonds is 2. The molecule has 0 bridgehead atoms. The van der Waals surface area contributed by atoms with Crippen molar-refractivity contribution in [3.8, 4) is 0 Å². The Kier molecular flexibility index (Phi) is 4.57. The summed E-state index contributed by atoms with van der Waals surface area (Å²) < 4.78 is 1.22. The van der Waals surface area contributed by atoms with Crippen molar-refractivity contribution in [1.82, 2.24) is 0 Å². The zero-order valence-electron chi connectivity index (χ0n) is 11.7. The molecule has 100 valence electrons. The van der Waals surface area contributed by atoms with Crippen molar-refractivity contribution in [2.24, 2.45) is 0 Å². The fourth-order valence-electron chi connectivity index (χ4n) is 2.46. The summed E-state index contributed by atoms with van der Waals surface area (Å²) in [5.41, 5.74) is 7.71. The lowest BCUT2D eigenvalue weighted by atomic mass is 9.90. The van der Waals surface area contributed by atoms with E-state index >= 15 is 0 Å². The molecule has 0 saturated heterocycles. The van der Waals surface area contributed by atoms with E-state index in [1.54, 1.807) is 0 Å². The summed E-state index contributed by atoms with van der Waals surface area (Å²) >= 11 is 9.15. The molecule has 2 aromatic rings. The van der Waals surface area contributed by atoms with E-state index in [9.17, 15) is 0 Å². The Morgan fingerprint density at radius 3 is 2.00 bits per heavy atom. The molecule has 1 atom stereocenters. The summed E-state index contributed by atoms with van der Waals surface area (Å²) in [6, 6.07) is 10.6. The maximum Gasteiger partial charge on any atom is 0.0850 e. The molecule has 0 spiro atoms. The fraction of sp³-hybridized carbons (Fsp3) is 0.294. The van der Waals surface area contributed by atoms with E-state index in [4.69, 9.17) is 11.6 Å². The number of hydrogen-bond acceptors (Lipinski definition) is 0. The second-order valence-electron chi connectivity index (χ2n) is 5.06. The lowest BCUT2D eigenvalue weighted by Gasteiger charge is -2.20. The molecular formula is C17H18ClI. The van der Waals surface area contributed by atoms with Crippen molar-refractivity contribution in [3.63, 3.8) is 0 Å². The molecule has 0 amide bonds. The number of aryl methyl sites for hydroxylation is 2. The van der Waals surface area contributed by atoms with Gasteiger partial charge >= 0.3 is 0 Å². The SMILES string of the molecule is Cc1cc(C)c(C)c(C(Cl)c2ccccc2I)c1C. The molecule has 0 fully saturated rings. The van der Waals surface area contributed by atoms with E-state index in [-0.39, 0.29) is 5.38 Å². The van der Waals surface area contributed by atoms with Crippen molar-refractivity contribution in [2.75, 3.05) is 0 Å². The Bertz CT molecular complexity index is 591. The lowest BCUT2D eigenvalue weighted by Crippen LogP contribution is -2.04. The molecule has 2 aromatic carbocycles. The van der Waals surface area contributed by atoms with Crippen LogP contribution in [0.2, 0.25) is 0 Å². The average molecular weight is 385 g/mol. The minimum absolute atomic E-state index is 0.0771. The fourth-order valence-corrected chi connectivity index (χ4v) is 3.86. The normalized spacial score (nSPS) is 12.5. The maximum absolute atomic E-state index is 6.79. The average Bonchev–Trinajstić information content (AvgIpc) is 2.37. The first-order chi connectivity index (χ1) is 8.93. The second-order valence-corrected chi connectivity index (χ2v) is 6.66. The van der Waals surface area contributed by atoms with E-state index in [1.807, 2.05) is 0 Å². The zero-order chi connectivity index (χ0) is 14.2. The van der Waals surface area contributed by atoms with Crippen LogP contribution < -0.4 is 0 Å². The van der Waals surface area contributed by atoms with Crippen LogP contribution in [0.1, 0.15) is 38.8 Å². The first-order valence-electron chi connectivity index (χ1n) is 6.39. The highest BCUT2D eigenvalue weighted by atomic mass is 127.